The van der Waals surface area contributed by atoms with Gasteiger partial charge in [0, 0.05) is 13.7 Å². The maximum Gasteiger partial charge on any atom is 0.277 e. The van der Waals surface area contributed by atoms with Gasteiger partial charge >= 0.3 is 0 Å². The van der Waals surface area contributed by atoms with Crippen molar-refractivity contribution in [3.63, 3.8) is 0 Å². The molecule has 100 valence electrons. The molecule has 0 aromatic carbocycles. The first-order valence-electron chi connectivity index (χ1n) is 5.67. The molecule has 1 aromatic heterocycles. The van der Waals surface area contributed by atoms with Crippen LogP contribution in [0.2, 0.25) is 0 Å². The number of anilines is 3. The first kappa shape index (κ1) is 12.7. The van der Waals surface area contributed by atoms with Crippen LogP contribution in [-0.2, 0) is 9.47 Å². The molecule has 1 aliphatic heterocycles. The van der Waals surface area contributed by atoms with Gasteiger partial charge in [0.05, 0.1) is 25.9 Å². The lowest BCUT2D eigenvalue weighted by Gasteiger charge is -2.26. The second-order valence-electron chi connectivity index (χ2n) is 3.96. The predicted octanol–water partition coefficient (Wildman–Crippen LogP) is -0.779. The molecule has 8 heteroatoms. The Balaban J connectivity index is 1.95. The number of aromatic nitrogens is 2. The molecule has 8 nitrogen and oxygen atoms in total. The van der Waals surface area contributed by atoms with Gasteiger partial charge in [-0.25, -0.2) is 0 Å². The molecule has 1 atom stereocenters. The van der Waals surface area contributed by atoms with Crippen LogP contribution in [0.15, 0.2) is 4.79 Å². The van der Waals surface area contributed by atoms with Crippen LogP contribution in [0.5, 0.6) is 0 Å². The lowest BCUT2D eigenvalue weighted by atomic mass is 10.2. The van der Waals surface area contributed by atoms with E-state index >= 15 is 0 Å². The lowest BCUT2D eigenvalue weighted by Crippen LogP contribution is -2.40. The molecule has 18 heavy (non-hydrogen) atoms. The zero-order chi connectivity index (χ0) is 13.0. The summed E-state index contributed by atoms with van der Waals surface area (Å²) in [7, 11) is 1.62. The third-order valence-electron chi connectivity index (χ3n) is 2.55. The number of rotatable bonds is 5. The number of aromatic amines is 1. The summed E-state index contributed by atoms with van der Waals surface area (Å²) < 4.78 is 10.3. The Labute approximate surface area is 104 Å². The summed E-state index contributed by atoms with van der Waals surface area (Å²) in [5.41, 5.74) is 5.57. The molecule has 5 N–H and O–H groups in total. The van der Waals surface area contributed by atoms with Crippen LogP contribution in [0.4, 0.5) is 17.5 Å². The molecule has 2 heterocycles. The molecule has 0 fully saturated rings. The number of hydrogen-bond acceptors (Lipinski definition) is 7. The molecule has 1 aliphatic rings. The highest BCUT2D eigenvalue weighted by molar-refractivity contribution is 5.67. The van der Waals surface area contributed by atoms with Gasteiger partial charge in [-0.2, -0.15) is 4.98 Å². The van der Waals surface area contributed by atoms with Crippen molar-refractivity contribution < 1.29 is 9.47 Å². The Bertz CT molecular complexity index is 461. The molecule has 0 bridgehead atoms. The maximum atomic E-state index is 11.7. The van der Waals surface area contributed by atoms with E-state index in [2.05, 4.69) is 20.6 Å². The standard InChI is InChI=1S/C10H17N5O3/c1-17-2-3-18-5-6-4-12-8-7(13-6)9(16)15-10(11)14-8/h6,13H,2-5H2,1H3,(H4,11,12,14,15,16). The Morgan fingerprint density at radius 1 is 1.50 bits per heavy atom. The number of methoxy groups -OCH3 is 1. The van der Waals surface area contributed by atoms with E-state index in [0.717, 1.165) is 0 Å². The van der Waals surface area contributed by atoms with Gasteiger partial charge in [0.2, 0.25) is 5.95 Å². The first-order valence-corrected chi connectivity index (χ1v) is 5.67. The fourth-order valence-electron chi connectivity index (χ4n) is 1.70. The van der Waals surface area contributed by atoms with Crippen molar-refractivity contribution in [1.82, 2.24) is 9.97 Å². The number of nitrogens with zero attached hydrogens (tertiary/aromatic N) is 1. The maximum absolute atomic E-state index is 11.7. The zero-order valence-electron chi connectivity index (χ0n) is 10.2. The van der Waals surface area contributed by atoms with Crippen LogP contribution in [0, 0.1) is 0 Å². The van der Waals surface area contributed by atoms with E-state index in [0.29, 0.717) is 37.9 Å². The second-order valence-corrected chi connectivity index (χ2v) is 3.96. The van der Waals surface area contributed by atoms with Crippen LogP contribution >= 0.6 is 0 Å². The topological polar surface area (TPSA) is 114 Å². The summed E-state index contributed by atoms with van der Waals surface area (Å²) in [6.07, 6.45) is 0. The largest absolute Gasteiger partial charge is 0.382 e. The third-order valence-corrected chi connectivity index (χ3v) is 2.55. The van der Waals surface area contributed by atoms with Gasteiger partial charge in [0.1, 0.15) is 5.69 Å². The molecular weight excluding hydrogens is 238 g/mol. The van der Waals surface area contributed by atoms with Crippen molar-refractivity contribution >= 4 is 17.5 Å². The van der Waals surface area contributed by atoms with Gasteiger partial charge in [-0.05, 0) is 0 Å². The van der Waals surface area contributed by atoms with E-state index in [4.69, 9.17) is 15.2 Å². The highest BCUT2D eigenvalue weighted by Gasteiger charge is 2.21. The van der Waals surface area contributed by atoms with E-state index in [-0.39, 0.29) is 17.5 Å². The summed E-state index contributed by atoms with van der Waals surface area (Å²) in [6, 6.07) is 0.0147. The monoisotopic (exact) mass is 255 g/mol. The number of nitrogens with one attached hydrogen (secondary N) is 3. The molecule has 0 saturated carbocycles. The van der Waals surface area contributed by atoms with Crippen LogP contribution in [0.1, 0.15) is 0 Å². The van der Waals surface area contributed by atoms with Crippen LogP contribution in [0.3, 0.4) is 0 Å². The number of ether oxygens (including phenoxy) is 2. The van der Waals surface area contributed by atoms with E-state index in [1.807, 2.05) is 0 Å². The van der Waals surface area contributed by atoms with Crippen LogP contribution in [0.25, 0.3) is 0 Å². The van der Waals surface area contributed by atoms with Crippen LogP contribution < -0.4 is 21.9 Å². The van der Waals surface area contributed by atoms with E-state index in [1.54, 1.807) is 7.11 Å². The summed E-state index contributed by atoms with van der Waals surface area (Å²) >= 11 is 0. The van der Waals surface area contributed by atoms with Crippen molar-refractivity contribution in [3.8, 4) is 0 Å². The lowest BCUT2D eigenvalue weighted by molar-refractivity contribution is 0.0669. The number of fused-ring (bicyclic) bond motifs is 1. The predicted molar refractivity (Wildman–Crippen MR) is 67.9 cm³/mol. The van der Waals surface area contributed by atoms with Crippen molar-refractivity contribution in [3.05, 3.63) is 10.4 Å². The second kappa shape index (κ2) is 5.69. The fraction of sp³-hybridized carbons (Fsp3) is 0.600. The smallest absolute Gasteiger partial charge is 0.277 e. The molecule has 1 unspecified atom stereocenters. The molecule has 0 amide bonds. The van der Waals surface area contributed by atoms with Gasteiger partial charge in [-0.1, -0.05) is 0 Å². The summed E-state index contributed by atoms with van der Waals surface area (Å²) in [5.74, 6) is 0.576. The van der Waals surface area contributed by atoms with Crippen molar-refractivity contribution in [1.29, 1.82) is 0 Å². The molecule has 0 saturated heterocycles. The van der Waals surface area contributed by atoms with Crippen LogP contribution in [-0.4, -0.2) is 49.5 Å². The molecule has 0 spiro atoms. The van der Waals surface area contributed by atoms with Crippen molar-refractivity contribution in [2.24, 2.45) is 0 Å². The van der Waals surface area contributed by atoms with E-state index in [1.165, 1.54) is 0 Å². The van der Waals surface area contributed by atoms with Gasteiger partial charge in [-0.3, -0.25) is 9.78 Å². The first-order chi connectivity index (χ1) is 8.70. The summed E-state index contributed by atoms with van der Waals surface area (Å²) in [4.78, 5) is 18.1. The zero-order valence-corrected chi connectivity index (χ0v) is 10.2. The minimum Gasteiger partial charge on any atom is -0.382 e. The minimum atomic E-state index is -0.286. The van der Waals surface area contributed by atoms with Gasteiger partial charge in [0.15, 0.2) is 5.82 Å². The normalized spacial score (nSPS) is 17.7. The highest BCUT2D eigenvalue weighted by atomic mass is 16.5. The minimum absolute atomic E-state index is 0.0147. The van der Waals surface area contributed by atoms with E-state index in [9.17, 15) is 4.79 Å². The van der Waals surface area contributed by atoms with Crippen molar-refractivity contribution in [2.75, 3.05) is 49.8 Å². The van der Waals surface area contributed by atoms with Gasteiger partial charge < -0.3 is 25.8 Å². The van der Waals surface area contributed by atoms with E-state index < -0.39 is 0 Å². The summed E-state index contributed by atoms with van der Waals surface area (Å²) in [6.45, 7) is 2.18. The van der Waals surface area contributed by atoms with Crippen molar-refractivity contribution in [2.45, 2.75) is 6.04 Å². The SMILES string of the molecule is COCCOCC1CNc2nc(N)[nH]c(=O)c2N1. The number of nitrogens with two attached hydrogens (primary N) is 1. The highest BCUT2D eigenvalue weighted by Crippen LogP contribution is 2.19. The Hall–Kier alpha value is -1.80. The molecular formula is C10H17N5O3. The Kier molecular flexibility index (Phi) is 4.00. The molecule has 1 aromatic rings. The average Bonchev–Trinajstić information content (AvgIpc) is 2.35. The Morgan fingerprint density at radius 2 is 2.33 bits per heavy atom. The summed E-state index contributed by atoms with van der Waals surface area (Å²) in [5, 5.41) is 6.13. The number of H-pyrrole nitrogens is 1. The Morgan fingerprint density at radius 3 is 3.11 bits per heavy atom. The number of hydrogen-bond donors (Lipinski definition) is 4. The average molecular weight is 255 g/mol. The fourth-order valence-corrected chi connectivity index (χ4v) is 1.70. The number of nitrogen functional groups attached to an aromatic ring is 1. The third kappa shape index (κ3) is 2.90. The molecule has 2 rings (SSSR count). The quantitative estimate of drug-likeness (QED) is 0.510. The van der Waals surface area contributed by atoms with Gasteiger partial charge in [0.25, 0.3) is 5.56 Å². The molecule has 0 radical (unpaired) electrons. The molecule has 0 aliphatic carbocycles. The van der Waals surface area contributed by atoms with Gasteiger partial charge in [-0.15, -0.1) is 0 Å².